The van der Waals surface area contributed by atoms with Gasteiger partial charge in [-0.2, -0.15) is 0 Å². The topological polar surface area (TPSA) is 314 Å². The molecule has 692 valence electrons. The number of aliphatic hydroxyl groups excluding tert-OH is 3. The lowest BCUT2D eigenvalue weighted by molar-refractivity contribution is -0.870. The highest BCUT2D eigenvalue weighted by Crippen LogP contribution is 2.39. The van der Waals surface area contributed by atoms with E-state index in [1.807, 2.05) is 27.2 Å². The molecule has 0 bridgehead atoms. The summed E-state index contributed by atoms with van der Waals surface area (Å²) in [5.41, 5.74) is 3.57. The summed E-state index contributed by atoms with van der Waals surface area (Å²) in [5.74, 6) is -1.18. The molecule has 7 N–H and O–H groups in total. The minimum atomic E-state index is -4.54. The molecule has 1 amide bonds. The van der Waals surface area contributed by atoms with Gasteiger partial charge in [0.05, 0.1) is 59.7 Å². The zero-order valence-electron chi connectivity index (χ0n) is 76.5. The molecule has 0 aliphatic rings. The third-order valence-electron chi connectivity index (χ3n) is 21.1. The summed E-state index contributed by atoms with van der Waals surface area (Å²) >= 11 is 0. The first-order valence-corrected chi connectivity index (χ1v) is 51.2. The molecular formula is C93H187N3O18P2. The van der Waals surface area contributed by atoms with Crippen LogP contribution in [0.4, 0.5) is 0 Å². The molecule has 0 heterocycles. The predicted octanol–water partition coefficient (Wildman–Crippen LogP) is 22.5. The number of allylic oxidation sites excluding steroid dienone is 1. The van der Waals surface area contributed by atoms with Crippen LogP contribution in [0.15, 0.2) is 12.2 Å². The van der Waals surface area contributed by atoms with E-state index in [-0.39, 0.29) is 63.5 Å². The van der Waals surface area contributed by atoms with Crippen LogP contribution in [-0.2, 0) is 60.6 Å². The summed E-state index contributed by atoms with van der Waals surface area (Å²) in [6.07, 6.45) is 79.0. The number of phosphoric ester groups is 2. The number of ether oxygens (including phenoxy) is 3. The van der Waals surface area contributed by atoms with Crippen LogP contribution in [0.25, 0.3) is 0 Å². The van der Waals surface area contributed by atoms with Gasteiger partial charge in [0.1, 0.15) is 39.1 Å². The normalized spacial score (nSPS) is 13.7. The summed E-state index contributed by atoms with van der Waals surface area (Å²) in [6.45, 7) is 10.4. The molecule has 23 heteroatoms. The Kier molecular flexibility index (Phi) is 91.8. The van der Waals surface area contributed by atoms with Gasteiger partial charge < -0.3 is 72.9 Å². The van der Waals surface area contributed by atoms with Gasteiger partial charge >= 0.3 is 17.9 Å². The molecule has 0 aliphatic carbocycles. The fraction of sp³-hybridized carbons (Fsp3) is 0.935. The average molecular weight is 1700 g/mol. The lowest BCUT2D eigenvalue weighted by atomic mass is 10.0. The molecule has 0 saturated carbocycles. The minimum Gasteiger partial charge on any atom is -0.756 e. The lowest BCUT2D eigenvalue weighted by Gasteiger charge is -2.27. The number of carbonyl (C=O) groups is 4. The van der Waals surface area contributed by atoms with Crippen molar-refractivity contribution in [2.75, 3.05) is 80.5 Å². The number of likely N-dealkylation sites (N-methyl/N-ethyl adjacent to an activating group) is 1. The molecule has 0 aromatic rings. The number of quaternary nitrogens is 2. The van der Waals surface area contributed by atoms with Gasteiger partial charge in [-0.05, 0) is 38.5 Å². The number of hydrogen-bond donors (Lipinski definition) is 5. The van der Waals surface area contributed by atoms with Gasteiger partial charge in [0.2, 0.25) is 5.91 Å². The third kappa shape index (κ3) is 95.5. The number of amides is 1. The molecule has 21 nitrogen and oxygen atoms in total. The van der Waals surface area contributed by atoms with Crippen LogP contribution in [0.5, 0.6) is 0 Å². The van der Waals surface area contributed by atoms with Crippen LogP contribution in [0.3, 0.4) is 0 Å². The van der Waals surface area contributed by atoms with Crippen molar-refractivity contribution in [1.29, 1.82) is 0 Å². The molecule has 2 unspecified atom stereocenters. The third-order valence-corrected chi connectivity index (χ3v) is 23.1. The van der Waals surface area contributed by atoms with E-state index in [0.717, 1.165) is 96.3 Å². The van der Waals surface area contributed by atoms with Gasteiger partial charge in [-0.1, -0.05) is 406 Å². The zero-order chi connectivity index (χ0) is 86.2. The van der Waals surface area contributed by atoms with E-state index < -0.39 is 46.6 Å². The maximum absolute atomic E-state index is 12.7. The molecule has 0 aliphatic heterocycles. The number of phosphoric acid groups is 2. The van der Waals surface area contributed by atoms with E-state index in [4.69, 9.17) is 27.8 Å². The SMILES string of the molecule is CCCCCCCCCCCCC/C=C\[C@@H](O)[C@H](COP(=O)([O-])OCC[NH3+])NC(=O)CCCCCCCCCCCCCCCCC.CCCCCCCCCCCCCC(=O)OC[C@H](CO)OC(=O)CCCCCCCCCCCCC.CCCCCCCCCCCCCCCC(=O)OC[C@@H](O)COP(=O)([O-])OCC[N+](C)(C)C. The second-order valence-electron chi connectivity index (χ2n) is 34.0. The first kappa shape index (κ1) is 118. The van der Waals surface area contributed by atoms with E-state index in [9.17, 15) is 53.4 Å². The number of carbonyl (C=O) groups excluding carboxylic acids is 4. The molecule has 0 aromatic carbocycles. The largest absolute Gasteiger partial charge is 0.756 e. The fourth-order valence-corrected chi connectivity index (χ4v) is 15.1. The summed E-state index contributed by atoms with van der Waals surface area (Å²) in [7, 11) is -3.28. The zero-order valence-corrected chi connectivity index (χ0v) is 78.3. The standard InChI is InChI=1S/C38H77N2O6P.C31H60O5.C24H50NO7P/c1-3-5-7-9-11-13-15-17-18-20-22-24-26-28-30-32-38(42)40-36(35-46-47(43,44)45-34-33-39)37(41)31-29-27-25-23-21-19-16-14-12-10-8-6-4-2;1-3-5-7-9-11-13-15-17-19-21-23-25-30(33)35-28-29(27-32)36-31(34)26-24-22-20-18-16-14-12-10-8-6-4-2;1-5-6-7-8-9-10-11-12-13-14-15-16-17-18-24(27)30-21-23(26)22-32-33(28,29)31-20-19-25(2,3)4/h29,31,36-37,41H,3-28,30,32-35,39H2,1-2H3,(H,40,42)(H,43,44);29,32H,3-28H2,1-2H3;23,26H,5-22H2,1-4H3/b31-29-;;/t36-,37+;29-;23-/m001/s1. The van der Waals surface area contributed by atoms with E-state index in [1.165, 1.54) is 302 Å². The van der Waals surface area contributed by atoms with Crippen molar-refractivity contribution in [1.82, 2.24) is 5.32 Å². The Bertz CT molecular complexity index is 2230. The second kappa shape index (κ2) is 90.4. The number of rotatable bonds is 88. The Labute approximate surface area is 712 Å². The van der Waals surface area contributed by atoms with Gasteiger partial charge in [-0.15, -0.1) is 0 Å². The van der Waals surface area contributed by atoms with Gasteiger partial charge in [0.15, 0.2) is 6.10 Å². The maximum atomic E-state index is 12.7. The molecule has 116 heavy (non-hydrogen) atoms. The number of nitrogens with zero attached hydrogens (tertiary/aromatic N) is 1. The highest BCUT2D eigenvalue weighted by atomic mass is 31.2. The monoisotopic (exact) mass is 1700 g/mol. The lowest BCUT2D eigenvalue weighted by Crippen LogP contribution is -2.52. The van der Waals surface area contributed by atoms with Gasteiger partial charge in [0, 0.05) is 25.7 Å². The molecule has 6 atom stereocenters. The summed E-state index contributed by atoms with van der Waals surface area (Å²) in [6, 6.07) is -0.877. The van der Waals surface area contributed by atoms with Gasteiger partial charge in [-0.3, -0.25) is 28.3 Å². The Morgan fingerprint density at radius 2 is 0.664 bits per heavy atom. The average Bonchev–Trinajstić information content (AvgIpc) is 0.868. The van der Waals surface area contributed by atoms with Crippen molar-refractivity contribution in [3.8, 4) is 0 Å². The predicted molar refractivity (Wildman–Crippen MR) is 475 cm³/mol. The fourth-order valence-electron chi connectivity index (χ4n) is 13.6. The second-order valence-corrected chi connectivity index (χ2v) is 36.8. The van der Waals surface area contributed by atoms with Crippen molar-refractivity contribution in [2.24, 2.45) is 0 Å². The Hall–Kier alpha value is -2.36. The van der Waals surface area contributed by atoms with E-state index in [1.54, 1.807) is 6.08 Å². The molecule has 0 aromatic heterocycles. The van der Waals surface area contributed by atoms with Crippen LogP contribution < -0.4 is 20.8 Å². The summed E-state index contributed by atoms with van der Waals surface area (Å²) in [5, 5.41) is 32.8. The number of unbranched alkanes of at least 4 members (excludes halogenated alkanes) is 57. The number of nitrogens with one attached hydrogen (secondary N) is 1. The molecular weight excluding hydrogens is 1510 g/mol. The Morgan fingerprint density at radius 3 is 0.983 bits per heavy atom. The van der Waals surface area contributed by atoms with Crippen molar-refractivity contribution in [3.63, 3.8) is 0 Å². The highest BCUT2D eigenvalue weighted by Gasteiger charge is 2.24. The minimum absolute atomic E-state index is 0.00547. The first-order chi connectivity index (χ1) is 56.0. The van der Waals surface area contributed by atoms with Crippen molar-refractivity contribution in [3.05, 3.63) is 12.2 Å². The van der Waals surface area contributed by atoms with E-state index in [0.29, 0.717) is 43.3 Å². The van der Waals surface area contributed by atoms with Gasteiger partial charge in [0.25, 0.3) is 15.6 Å². The summed E-state index contributed by atoms with van der Waals surface area (Å²) in [4.78, 5) is 72.2. The van der Waals surface area contributed by atoms with Crippen LogP contribution >= 0.6 is 15.6 Å². The van der Waals surface area contributed by atoms with Crippen LogP contribution in [0.2, 0.25) is 0 Å². The molecule has 0 radical (unpaired) electrons. The van der Waals surface area contributed by atoms with E-state index >= 15 is 0 Å². The number of esters is 3. The quantitative estimate of drug-likeness (QED) is 0.00943. The van der Waals surface area contributed by atoms with Crippen LogP contribution in [0.1, 0.15) is 458 Å². The van der Waals surface area contributed by atoms with Gasteiger partial charge in [-0.25, -0.2) is 0 Å². The first-order valence-electron chi connectivity index (χ1n) is 48.3. The van der Waals surface area contributed by atoms with Crippen LogP contribution in [0, 0.1) is 0 Å². The maximum Gasteiger partial charge on any atom is 0.306 e. The Balaban J connectivity index is -0.00000168. The molecule has 0 spiro atoms. The molecule has 0 fully saturated rings. The molecule has 0 rings (SSSR count). The summed E-state index contributed by atoms with van der Waals surface area (Å²) < 4.78 is 59.0. The number of hydrogen-bond acceptors (Lipinski definition) is 18. The van der Waals surface area contributed by atoms with Crippen LogP contribution in [-0.4, -0.2) is 148 Å². The smallest absolute Gasteiger partial charge is 0.306 e. The van der Waals surface area contributed by atoms with Crippen molar-refractivity contribution in [2.45, 2.75) is 483 Å². The van der Waals surface area contributed by atoms with Crippen molar-refractivity contribution < 1.29 is 95.9 Å². The number of aliphatic hydroxyl groups is 3. The highest BCUT2D eigenvalue weighted by molar-refractivity contribution is 7.46. The van der Waals surface area contributed by atoms with Crippen molar-refractivity contribution >= 4 is 39.5 Å². The van der Waals surface area contributed by atoms with E-state index in [2.05, 4.69) is 50.2 Å². The Morgan fingerprint density at radius 1 is 0.379 bits per heavy atom. The molecule has 0 saturated heterocycles.